The second kappa shape index (κ2) is 12.8. The van der Waals surface area contributed by atoms with Crippen LogP contribution >= 0.6 is 0 Å². The molecule has 54 heavy (non-hydrogen) atoms. The molecule has 0 atom stereocenters. The van der Waals surface area contributed by atoms with Gasteiger partial charge in [-0.3, -0.25) is 0 Å². The Hall–Kier alpha value is -6.70. The molecule has 0 N–H and O–H groups in total. The Morgan fingerprint density at radius 3 is 1.72 bits per heavy atom. The van der Waals surface area contributed by atoms with Crippen molar-refractivity contribution in [2.24, 2.45) is 0 Å². The summed E-state index contributed by atoms with van der Waals surface area (Å²) in [6, 6.07) is 70.9. The number of benzene rings is 8. The van der Waals surface area contributed by atoms with Crippen molar-refractivity contribution >= 4 is 33.5 Å². The summed E-state index contributed by atoms with van der Waals surface area (Å²) in [4.78, 5) is 0. The predicted octanol–water partition coefficient (Wildman–Crippen LogP) is 14.0. The fraction of sp³-hybridized carbons (Fsp3) is 0.0566. The van der Waals surface area contributed by atoms with Gasteiger partial charge in [-0.25, -0.2) is 0 Å². The van der Waals surface area contributed by atoms with Crippen molar-refractivity contribution in [3.8, 4) is 39.1 Å². The summed E-state index contributed by atoms with van der Waals surface area (Å²) in [5.41, 5.74) is 18.7. The summed E-state index contributed by atoms with van der Waals surface area (Å²) >= 11 is 0. The molecule has 0 saturated heterocycles. The lowest BCUT2D eigenvalue weighted by Gasteiger charge is -2.21. The molecule has 1 aliphatic carbocycles. The van der Waals surface area contributed by atoms with Crippen LogP contribution in [0, 0.1) is 0 Å². The standard InChI is InChI=1S/C53H39N/c1-53(2)49-19-11-9-17-44(49)47-34-36(21-31-50(47)53)33-46(40-26-22-38(23-27-40)37-13-5-3-6-14-37)41-28-24-39(25-29-41)42-30-32-52-48(35-42)45-18-10-12-20-51(45)54(52)43-15-7-4-8-16-43/h3-35H,1-2H3. The minimum atomic E-state index is -0.0143. The van der Waals surface area contributed by atoms with Crippen LogP contribution in [0.3, 0.4) is 0 Å². The van der Waals surface area contributed by atoms with E-state index in [9.17, 15) is 0 Å². The number of rotatable bonds is 6. The van der Waals surface area contributed by atoms with Crippen LogP contribution in [0.5, 0.6) is 0 Å². The highest BCUT2D eigenvalue weighted by molar-refractivity contribution is 6.10. The zero-order valence-corrected chi connectivity index (χ0v) is 30.5. The van der Waals surface area contributed by atoms with Gasteiger partial charge in [-0.1, -0.05) is 172 Å². The number of nitrogens with zero attached hydrogens (tertiary/aromatic N) is 1. The van der Waals surface area contributed by atoms with Gasteiger partial charge in [0.05, 0.1) is 11.0 Å². The normalized spacial score (nSPS) is 13.3. The molecule has 0 aliphatic heterocycles. The highest BCUT2D eigenvalue weighted by atomic mass is 15.0. The number of hydrogen-bond acceptors (Lipinski definition) is 0. The molecular weight excluding hydrogens is 651 g/mol. The summed E-state index contributed by atoms with van der Waals surface area (Å²) < 4.78 is 2.37. The molecule has 0 saturated carbocycles. The maximum absolute atomic E-state index is 2.39. The van der Waals surface area contributed by atoms with E-state index in [-0.39, 0.29) is 5.41 Å². The number of hydrogen-bond donors (Lipinski definition) is 0. The first kappa shape index (κ1) is 32.0. The SMILES string of the molecule is CC1(C)c2ccccc2-c2cc(C=C(c3ccc(-c4ccccc4)cc3)c3ccc(-c4ccc5c(c4)c4ccccc4n5-c4ccccc4)cc3)ccc21. The molecule has 1 aromatic heterocycles. The van der Waals surface area contributed by atoms with Gasteiger partial charge in [0.25, 0.3) is 0 Å². The summed E-state index contributed by atoms with van der Waals surface area (Å²) in [7, 11) is 0. The molecule has 1 heterocycles. The lowest BCUT2D eigenvalue weighted by Crippen LogP contribution is -2.14. The van der Waals surface area contributed by atoms with Crippen LogP contribution in [0.1, 0.15) is 41.7 Å². The Balaban J connectivity index is 1.07. The van der Waals surface area contributed by atoms with Crippen LogP contribution in [0.25, 0.3) is 72.5 Å². The van der Waals surface area contributed by atoms with Gasteiger partial charge in [0.2, 0.25) is 0 Å². The average Bonchev–Trinajstić information content (AvgIpc) is 3.68. The Morgan fingerprint density at radius 1 is 0.426 bits per heavy atom. The minimum Gasteiger partial charge on any atom is -0.309 e. The second-order valence-electron chi connectivity index (χ2n) is 15.0. The highest BCUT2D eigenvalue weighted by Crippen LogP contribution is 2.49. The fourth-order valence-corrected chi connectivity index (χ4v) is 8.65. The summed E-state index contributed by atoms with van der Waals surface area (Å²) in [5.74, 6) is 0. The third kappa shape index (κ3) is 5.32. The van der Waals surface area contributed by atoms with Crippen LogP contribution in [-0.4, -0.2) is 4.57 Å². The van der Waals surface area contributed by atoms with Crippen LogP contribution in [0.2, 0.25) is 0 Å². The quantitative estimate of drug-likeness (QED) is 0.153. The second-order valence-corrected chi connectivity index (χ2v) is 15.0. The van der Waals surface area contributed by atoms with E-state index in [1.54, 1.807) is 0 Å². The Labute approximate surface area is 317 Å². The van der Waals surface area contributed by atoms with Crippen LogP contribution in [0.15, 0.2) is 194 Å². The maximum atomic E-state index is 2.39. The van der Waals surface area contributed by atoms with E-state index in [4.69, 9.17) is 0 Å². The van der Waals surface area contributed by atoms with Crippen molar-refractivity contribution in [2.45, 2.75) is 19.3 Å². The smallest absolute Gasteiger partial charge is 0.0541 e. The molecule has 0 unspecified atom stereocenters. The first-order valence-corrected chi connectivity index (χ1v) is 18.8. The van der Waals surface area contributed by atoms with E-state index in [0.717, 1.165) is 0 Å². The molecule has 0 amide bonds. The van der Waals surface area contributed by atoms with Crippen molar-refractivity contribution in [2.75, 3.05) is 0 Å². The molecule has 0 fully saturated rings. The molecule has 0 spiro atoms. The summed E-state index contributed by atoms with van der Waals surface area (Å²) in [6.45, 7) is 4.68. The first-order valence-electron chi connectivity index (χ1n) is 18.8. The molecule has 10 rings (SSSR count). The van der Waals surface area contributed by atoms with Gasteiger partial charge < -0.3 is 4.57 Å². The van der Waals surface area contributed by atoms with Crippen LogP contribution < -0.4 is 0 Å². The molecule has 8 aromatic carbocycles. The van der Waals surface area contributed by atoms with Crippen molar-refractivity contribution < 1.29 is 0 Å². The van der Waals surface area contributed by atoms with E-state index in [0.29, 0.717) is 0 Å². The monoisotopic (exact) mass is 689 g/mol. The van der Waals surface area contributed by atoms with Gasteiger partial charge >= 0.3 is 0 Å². The topological polar surface area (TPSA) is 4.93 Å². The maximum Gasteiger partial charge on any atom is 0.0541 e. The van der Waals surface area contributed by atoms with Crippen LogP contribution in [-0.2, 0) is 5.41 Å². The van der Waals surface area contributed by atoms with Gasteiger partial charge in [0, 0.05) is 21.9 Å². The third-order valence-corrected chi connectivity index (χ3v) is 11.4. The van der Waals surface area contributed by atoms with E-state index in [1.807, 2.05) is 0 Å². The van der Waals surface area contributed by atoms with Crippen molar-refractivity contribution in [3.63, 3.8) is 0 Å². The molecular formula is C53H39N. The summed E-state index contributed by atoms with van der Waals surface area (Å²) in [5, 5.41) is 2.52. The summed E-state index contributed by atoms with van der Waals surface area (Å²) in [6.07, 6.45) is 2.37. The first-order chi connectivity index (χ1) is 26.5. The minimum absolute atomic E-state index is 0.0143. The number of fused-ring (bicyclic) bond motifs is 6. The Morgan fingerprint density at radius 2 is 0.981 bits per heavy atom. The molecule has 0 bridgehead atoms. The lowest BCUT2D eigenvalue weighted by atomic mass is 9.82. The zero-order valence-electron chi connectivity index (χ0n) is 30.5. The molecule has 256 valence electrons. The van der Waals surface area contributed by atoms with E-state index in [2.05, 4.69) is 219 Å². The highest BCUT2D eigenvalue weighted by Gasteiger charge is 2.35. The average molecular weight is 690 g/mol. The van der Waals surface area contributed by atoms with Gasteiger partial charge in [-0.05, 0) is 109 Å². The molecule has 1 nitrogen and oxygen atoms in total. The van der Waals surface area contributed by atoms with Gasteiger partial charge in [0.15, 0.2) is 0 Å². The van der Waals surface area contributed by atoms with Crippen molar-refractivity contribution in [1.82, 2.24) is 4.57 Å². The van der Waals surface area contributed by atoms with Crippen LogP contribution in [0.4, 0.5) is 0 Å². The third-order valence-electron chi connectivity index (χ3n) is 11.4. The van der Waals surface area contributed by atoms with E-state index >= 15 is 0 Å². The number of aromatic nitrogens is 1. The largest absolute Gasteiger partial charge is 0.309 e. The lowest BCUT2D eigenvalue weighted by molar-refractivity contribution is 0.660. The number of para-hydroxylation sites is 2. The fourth-order valence-electron chi connectivity index (χ4n) is 8.65. The van der Waals surface area contributed by atoms with Gasteiger partial charge in [0.1, 0.15) is 0 Å². The van der Waals surface area contributed by atoms with E-state index in [1.165, 1.54) is 94.3 Å². The van der Waals surface area contributed by atoms with E-state index < -0.39 is 0 Å². The van der Waals surface area contributed by atoms with Gasteiger partial charge in [-0.2, -0.15) is 0 Å². The molecule has 0 radical (unpaired) electrons. The molecule has 1 heteroatoms. The molecule has 1 aliphatic rings. The Kier molecular flexibility index (Phi) is 7.56. The zero-order chi connectivity index (χ0) is 36.2. The van der Waals surface area contributed by atoms with Gasteiger partial charge in [-0.15, -0.1) is 0 Å². The van der Waals surface area contributed by atoms with Crippen molar-refractivity contribution in [3.05, 3.63) is 222 Å². The van der Waals surface area contributed by atoms with Crippen molar-refractivity contribution in [1.29, 1.82) is 0 Å². The predicted molar refractivity (Wildman–Crippen MR) is 229 cm³/mol. The Bertz CT molecular complexity index is 2850. The molecule has 9 aromatic rings.